The Balaban J connectivity index is 1.92. The second-order valence-corrected chi connectivity index (χ2v) is 5.15. The maximum Gasteiger partial charge on any atom is 0.0992 e. The van der Waals surface area contributed by atoms with Gasteiger partial charge < -0.3 is 15.4 Å². The van der Waals surface area contributed by atoms with Crippen LogP contribution in [0.4, 0.5) is 11.4 Å². The van der Waals surface area contributed by atoms with Crippen LogP contribution in [0.3, 0.4) is 0 Å². The van der Waals surface area contributed by atoms with E-state index in [4.69, 9.17) is 15.7 Å². The van der Waals surface area contributed by atoms with E-state index < -0.39 is 0 Å². The summed E-state index contributed by atoms with van der Waals surface area (Å²) in [5.74, 6) is 0.760. The number of rotatable bonds is 4. The molecule has 4 nitrogen and oxygen atoms in total. The summed E-state index contributed by atoms with van der Waals surface area (Å²) in [5, 5.41) is 8.83. The topological polar surface area (TPSA) is 62.3 Å². The van der Waals surface area contributed by atoms with Gasteiger partial charge in [0.2, 0.25) is 0 Å². The van der Waals surface area contributed by atoms with Crippen LogP contribution in [0.2, 0.25) is 0 Å². The molecule has 0 spiro atoms. The van der Waals surface area contributed by atoms with Crippen LogP contribution in [0.25, 0.3) is 0 Å². The van der Waals surface area contributed by atoms with E-state index in [9.17, 15) is 0 Å². The van der Waals surface area contributed by atoms with E-state index in [-0.39, 0.29) is 0 Å². The minimum Gasteiger partial charge on any atom is -0.397 e. The molecule has 1 fully saturated rings. The zero-order chi connectivity index (χ0) is 13.7. The summed E-state index contributed by atoms with van der Waals surface area (Å²) in [5.41, 5.74) is 8.28. The van der Waals surface area contributed by atoms with E-state index in [0.717, 1.165) is 44.2 Å². The van der Waals surface area contributed by atoms with Crippen LogP contribution in [0.1, 0.15) is 24.8 Å². The quantitative estimate of drug-likeness (QED) is 0.843. The van der Waals surface area contributed by atoms with E-state index in [1.165, 1.54) is 6.42 Å². The fraction of sp³-hybridized carbons (Fsp3) is 0.533. The highest BCUT2D eigenvalue weighted by Gasteiger charge is 2.15. The van der Waals surface area contributed by atoms with Gasteiger partial charge >= 0.3 is 0 Å². The molecule has 19 heavy (non-hydrogen) atoms. The summed E-state index contributed by atoms with van der Waals surface area (Å²) in [4.78, 5) is 2.17. The highest BCUT2D eigenvalue weighted by atomic mass is 16.5. The number of benzene rings is 1. The Labute approximate surface area is 114 Å². The molecular weight excluding hydrogens is 238 g/mol. The van der Waals surface area contributed by atoms with Crippen molar-refractivity contribution >= 4 is 11.4 Å². The molecule has 1 aliphatic heterocycles. The van der Waals surface area contributed by atoms with Gasteiger partial charge in [0.25, 0.3) is 0 Å². The average molecular weight is 259 g/mol. The third kappa shape index (κ3) is 3.62. The largest absolute Gasteiger partial charge is 0.397 e. The predicted octanol–water partition coefficient (Wildman–Crippen LogP) is 2.39. The zero-order valence-corrected chi connectivity index (χ0v) is 11.4. The maximum absolute atomic E-state index is 8.83. The number of nitriles is 1. The molecular formula is C15H21N3O. The summed E-state index contributed by atoms with van der Waals surface area (Å²) in [7, 11) is 2.05. The van der Waals surface area contributed by atoms with Crippen molar-refractivity contribution in [3.05, 3.63) is 23.8 Å². The van der Waals surface area contributed by atoms with Crippen LogP contribution in [0.5, 0.6) is 0 Å². The number of hydrogen-bond acceptors (Lipinski definition) is 4. The number of nitrogens with zero attached hydrogens (tertiary/aromatic N) is 2. The highest BCUT2D eigenvalue weighted by Crippen LogP contribution is 2.25. The fourth-order valence-corrected chi connectivity index (χ4v) is 2.50. The van der Waals surface area contributed by atoms with Crippen LogP contribution < -0.4 is 10.6 Å². The number of nitrogens with two attached hydrogens (primary N) is 1. The lowest BCUT2D eigenvalue weighted by molar-refractivity contribution is 0.0645. The molecule has 2 rings (SSSR count). The molecule has 0 amide bonds. The van der Waals surface area contributed by atoms with Gasteiger partial charge in [-0.3, -0.25) is 0 Å². The van der Waals surface area contributed by atoms with Crippen LogP contribution in [0.15, 0.2) is 18.2 Å². The smallest absolute Gasteiger partial charge is 0.0992 e. The van der Waals surface area contributed by atoms with Gasteiger partial charge in [-0.1, -0.05) is 0 Å². The van der Waals surface area contributed by atoms with E-state index >= 15 is 0 Å². The molecule has 0 unspecified atom stereocenters. The Morgan fingerprint density at radius 1 is 1.42 bits per heavy atom. The van der Waals surface area contributed by atoms with E-state index in [2.05, 4.69) is 18.0 Å². The normalized spacial score (nSPS) is 16.0. The van der Waals surface area contributed by atoms with Crippen LogP contribution in [-0.2, 0) is 4.74 Å². The molecule has 4 heteroatoms. The Kier molecular flexibility index (Phi) is 4.64. The molecule has 1 aromatic rings. The lowest BCUT2D eigenvalue weighted by Crippen LogP contribution is -2.24. The summed E-state index contributed by atoms with van der Waals surface area (Å²) in [6, 6.07) is 7.59. The van der Waals surface area contributed by atoms with Crippen LogP contribution in [-0.4, -0.2) is 26.8 Å². The SMILES string of the molecule is CN(CCC1CCOCC1)c1ccc(C#N)cc1N. The molecule has 2 N–H and O–H groups in total. The van der Waals surface area contributed by atoms with Crippen molar-refractivity contribution in [2.75, 3.05) is 37.4 Å². The van der Waals surface area contributed by atoms with Crippen molar-refractivity contribution in [2.45, 2.75) is 19.3 Å². The molecule has 1 saturated heterocycles. The van der Waals surface area contributed by atoms with E-state index in [0.29, 0.717) is 11.3 Å². The predicted molar refractivity (Wildman–Crippen MR) is 77.0 cm³/mol. The standard InChI is InChI=1S/C15H21N3O/c1-18(7-4-12-5-8-19-9-6-12)15-3-2-13(11-16)10-14(15)17/h2-3,10,12H,4-9,17H2,1H3. The lowest BCUT2D eigenvalue weighted by atomic mass is 9.96. The fourth-order valence-electron chi connectivity index (χ4n) is 2.50. The maximum atomic E-state index is 8.83. The van der Waals surface area contributed by atoms with Gasteiger partial charge in [-0.15, -0.1) is 0 Å². The van der Waals surface area contributed by atoms with E-state index in [1.54, 1.807) is 6.07 Å². The number of ether oxygens (including phenoxy) is 1. The van der Waals surface area contributed by atoms with Gasteiger partial charge in [0.05, 0.1) is 23.0 Å². The minimum absolute atomic E-state index is 0.610. The molecule has 0 aliphatic carbocycles. The molecule has 1 aromatic carbocycles. The Morgan fingerprint density at radius 2 is 2.16 bits per heavy atom. The average Bonchev–Trinajstić information content (AvgIpc) is 2.45. The first-order valence-electron chi connectivity index (χ1n) is 6.79. The molecule has 1 aliphatic rings. The van der Waals surface area contributed by atoms with Gasteiger partial charge in [-0.05, 0) is 43.4 Å². The molecule has 0 saturated carbocycles. The number of anilines is 2. The Bertz CT molecular complexity index is 461. The Hall–Kier alpha value is -1.73. The van der Waals surface area contributed by atoms with Crippen LogP contribution >= 0.6 is 0 Å². The van der Waals surface area contributed by atoms with Gasteiger partial charge in [-0.2, -0.15) is 5.26 Å². The third-order valence-corrected chi connectivity index (χ3v) is 3.78. The van der Waals surface area contributed by atoms with Gasteiger partial charge in [-0.25, -0.2) is 0 Å². The molecule has 0 radical (unpaired) electrons. The lowest BCUT2D eigenvalue weighted by Gasteiger charge is -2.26. The zero-order valence-electron chi connectivity index (χ0n) is 11.4. The van der Waals surface area contributed by atoms with Crippen molar-refractivity contribution in [1.82, 2.24) is 0 Å². The van der Waals surface area contributed by atoms with E-state index in [1.807, 2.05) is 12.1 Å². The third-order valence-electron chi connectivity index (χ3n) is 3.78. The monoisotopic (exact) mass is 259 g/mol. The second kappa shape index (κ2) is 6.44. The molecule has 0 bridgehead atoms. The molecule has 0 atom stereocenters. The van der Waals surface area contributed by atoms with Crippen molar-refractivity contribution < 1.29 is 4.74 Å². The summed E-state index contributed by atoms with van der Waals surface area (Å²) < 4.78 is 5.37. The summed E-state index contributed by atoms with van der Waals surface area (Å²) in [6.07, 6.45) is 3.49. The number of hydrogen-bond donors (Lipinski definition) is 1. The van der Waals surface area contributed by atoms with Crippen LogP contribution in [0, 0.1) is 17.2 Å². The summed E-state index contributed by atoms with van der Waals surface area (Å²) >= 11 is 0. The van der Waals surface area contributed by atoms with Gasteiger partial charge in [0.15, 0.2) is 0 Å². The first kappa shape index (κ1) is 13.7. The number of nitrogen functional groups attached to an aromatic ring is 1. The van der Waals surface area contributed by atoms with Crippen molar-refractivity contribution in [3.8, 4) is 6.07 Å². The Morgan fingerprint density at radius 3 is 2.79 bits per heavy atom. The van der Waals surface area contributed by atoms with Crippen molar-refractivity contribution in [2.24, 2.45) is 5.92 Å². The molecule has 102 valence electrons. The first-order chi connectivity index (χ1) is 9.20. The highest BCUT2D eigenvalue weighted by molar-refractivity contribution is 5.69. The van der Waals surface area contributed by atoms with Gasteiger partial charge in [0.1, 0.15) is 0 Å². The van der Waals surface area contributed by atoms with Gasteiger partial charge in [0, 0.05) is 26.8 Å². The summed E-state index contributed by atoms with van der Waals surface area (Å²) in [6.45, 7) is 2.78. The van der Waals surface area contributed by atoms with Crippen molar-refractivity contribution in [3.63, 3.8) is 0 Å². The minimum atomic E-state index is 0.610. The first-order valence-corrected chi connectivity index (χ1v) is 6.79. The molecule has 0 aromatic heterocycles. The molecule has 1 heterocycles. The second-order valence-electron chi connectivity index (χ2n) is 5.15. The van der Waals surface area contributed by atoms with Crippen molar-refractivity contribution in [1.29, 1.82) is 5.26 Å².